The highest BCUT2D eigenvalue weighted by molar-refractivity contribution is 7.18. The van der Waals surface area contributed by atoms with Crippen molar-refractivity contribution < 1.29 is 4.79 Å². The van der Waals surface area contributed by atoms with E-state index in [2.05, 4.69) is 10.3 Å². The SMILES string of the molecule is Cc1nc2ccc(NC(=O)C3CC4CC4C3)cc2s1. The Morgan fingerprint density at radius 1 is 1.32 bits per heavy atom. The highest BCUT2D eigenvalue weighted by atomic mass is 32.1. The third-order valence-electron chi connectivity index (χ3n) is 4.38. The minimum atomic E-state index is 0.202. The van der Waals surface area contributed by atoms with E-state index in [4.69, 9.17) is 0 Å². The van der Waals surface area contributed by atoms with Gasteiger partial charge in [0.05, 0.1) is 15.2 Å². The van der Waals surface area contributed by atoms with E-state index < -0.39 is 0 Å². The monoisotopic (exact) mass is 272 g/mol. The van der Waals surface area contributed by atoms with E-state index in [1.54, 1.807) is 11.3 Å². The van der Waals surface area contributed by atoms with Crippen molar-refractivity contribution in [1.29, 1.82) is 0 Å². The highest BCUT2D eigenvalue weighted by Gasteiger charge is 2.47. The van der Waals surface area contributed by atoms with Gasteiger partial charge in [-0.2, -0.15) is 0 Å². The largest absolute Gasteiger partial charge is 0.326 e. The van der Waals surface area contributed by atoms with E-state index in [-0.39, 0.29) is 11.8 Å². The Morgan fingerprint density at radius 2 is 2.11 bits per heavy atom. The van der Waals surface area contributed by atoms with Crippen molar-refractivity contribution in [1.82, 2.24) is 4.98 Å². The number of nitrogens with one attached hydrogen (secondary N) is 1. The topological polar surface area (TPSA) is 42.0 Å². The number of thiazole rings is 1. The first-order chi connectivity index (χ1) is 9.19. The van der Waals surface area contributed by atoms with Crippen LogP contribution in [-0.4, -0.2) is 10.9 Å². The third kappa shape index (κ3) is 2.04. The lowest BCUT2D eigenvalue weighted by molar-refractivity contribution is -0.120. The minimum absolute atomic E-state index is 0.202. The number of rotatable bonds is 2. The Kier molecular flexibility index (Phi) is 2.42. The fourth-order valence-electron chi connectivity index (χ4n) is 3.29. The Hall–Kier alpha value is -1.42. The minimum Gasteiger partial charge on any atom is -0.326 e. The summed E-state index contributed by atoms with van der Waals surface area (Å²) in [6, 6.07) is 5.98. The van der Waals surface area contributed by atoms with Gasteiger partial charge in [0.15, 0.2) is 0 Å². The second kappa shape index (κ2) is 4.04. The van der Waals surface area contributed by atoms with Crippen LogP contribution < -0.4 is 5.32 Å². The Balaban J connectivity index is 1.52. The zero-order valence-electron chi connectivity index (χ0n) is 10.8. The molecule has 1 aromatic carbocycles. The van der Waals surface area contributed by atoms with Crippen LogP contribution in [0, 0.1) is 24.7 Å². The van der Waals surface area contributed by atoms with Crippen molar-refractivity contribution in [2.45, 2.75) is 26.2 Å². The summed E-state index contributed by atoms with van der Waals surface area (Å²) >= 11 is 1.67. The van der Waals surface area contributed by atoms with Gasteiger partial charge < -0.3 is 5.32 Å². The van der Waals surface area contributed by atoms with Crippen LogP contribution in [0.15, 0.2) is 18.2 Å². The van der Waals surface area contributed by atoms with Crippen molar-refractivity contribution in [3.63, 3.8) is 0 Å². The smallest absolute Gasteiger partial charge is 0.227 e. The molecule has 0 radical (unpaired) electrons. The molecule has 1 heterocycles. The molecule has 0 aliphatic heterocycles. The average molecular weight is 272 g/mol. The summed E-state index contributed by atoms with van der Waals surface area (Å²) in [6.45, 7) is 2.01. The molecule has 1 N–H and O–H groups in total. The van der Waals surface area contributed by atoms with E-state index in [1.165, 1.54) is 6.42 Å². The van der Waals surface area contributed by atoms with E-state index in [0.717, 1.165) is 45.6 Å². The maximum absolute atomic E-state index is 12.2. The number of nitrogens with zero attached hydrogens (tertiary/aromatic N) is 1. The van der Waals surface area contributed by atoms with Gasteiger partial charge in [-0.25, -0.2) is 4.98 Å². The molecule has 4 heteroatoms. The quantitative estimate of drug-likeness (QED) is 0.907. The molecule has 2 aliphatic rings. The van der Waals surface area contributed by atoms with Crippen LogP contribution >= 0.6 is 11.3 Å². The van der Waals surface area contributed by atoms with Crippen LogP contribution in [-0.2, 0) is 4.79 Å². The van der Waals surface area contributed by atoms with Gasteiger partial charge in [-0.3, -0.25) is 4.79 Å². The van der Waals surface area contributed by atoms with Crippen molar-refractivity contribution in [3.05, 3.63) is 23.2 Å². The molecule has 0 spiro atoms. The van der Waals surface area contributed by atoms with Gasteiger partial charge in [-0.15, -0.1) is 11.3 Å². The number of hydrogen-bond acceptors (Lipinski definition) is 3. The number of amides is 1. The molecule has 2 aromatic rings. The molecule has 0 bridgehead atoms. The molecule has 98 valence electrons. The fraction of sp³-hybridized carbons (Fsp3) is 0.467. The molecular formula is C15H16N2OS. The van der Waals surface area contributed by atoms with Crippen molar-refractivity contribution in [3.8, 4) is 0 Å². The lowest BCUT2D eigenvalue weighted by atomic mass is 10.0. The van der Waals surface area contributed by atoms with E-state index in [0.29, 0.717) is 0 Å². The van der Waals surface area contributed by atoms with Crippen molar-refractivity contribution >= 4 is 33.1 Å². The van der Waals surface area contributed by atoms with Gasteiger partial charge >= 0.3 is 0 Å². The Bertz CT molecular complexity index is 653. The summed E-state index contributed by atoms with van der Waals surface area (Å²) in [6.07, 6.45) is 3.55. The number of aromatic nitrogens is 1. The molecule has 2 fully saturated rings. The van der Waals surface area contributed by atoms with Gasteiger partial charge in [-0.05, 0) is 56.2 Å². The lowest BCUT2D eigenvalue weighted by Gasteiger charge is -2.12. The lowest BCUT2D eigenvalue weighted by Crippen LogP contribution is -2.21. The van der Waals surface area contributed by atoms with Crippen LogP contribution in [0.5, 0.6) is 0 Å². The zero-order chi connectivity index (χ0) is 13.0. The first kappa shape index (κ1) is 11.4. The van der Waals surface area contributed by atoms with Gasteiger partial charge in [0, 0.05) is 11.6 Å². The number of fused-ring (bicyclic) bond motifs is 2. The predicted molar refractivity (Wildman–Crippen MR) is 77.3 cm³/mol. The maximum Gasteiger partial charge on any atom is 0.227 e. The number of aryl methyl sites for hydroxylation is 1. The van der Waals surface area contributed by atoms with Crippen LogP contribution in [0.4, 0.5) is 5.69 Å². The summed E-state index contributed by atoms with van der Waals surface area (Å²) < 4.78 is 1.14. The van der Waals surface area contributed by atoms with Crippen LogP contribution in [0.2, 0.25) is 0 Å². The molecule has 4 rings (SSSR count). The van der Waals surface area contributed by atoms with Gasteiger partial charge in [0.25, 0.3) is 0 Å². The summed E-state index contributed by atoms with van der Waals surface area (Å²) in [5, 5.41) is 4.13. The standard InChI is InChI=1S/C15H16N2OS/c1-8-16-13-3-2-12(7-14(13)19-8)17-15(18)11-5-9-4-10(9)6-11/h2-3,7,9-11H,4-6H2,1H3,(H,17,18). The maximum atomic E-state index is 12.2. The first-order valence-electron chi connectivity index (χ1n) is 6.87. The van der Waals surface area contributed by atoms with Gasteiger partial charge in [0.1, 0.15) is 0 Å². The molecule has 0 saturated heterocycles. The second-order valence-electron chi connectivity index (χ2n) is 5.83. The number of anilines is 1. The van der Waals surface area contributed by atoms with E-state index >= 15 is 0 Å². The van der Waals surface area contributed by atoms with Gasteiger partial charge in [-0.1, -0.05) is 0 Å². The number of carbonyl (C=O) groups is 1. The van der Waals surface area contributed by atoms with Crippen LogP contribution in [0.1, 0.15) is 24.3 Å². The normalized spacial score (nSPS) is 28.4. The predicted octanol–water partition coefficient (Wildman–Crippen LogP) is 3.59. The molecule has 2 unspecified atom stereocenters. The summed E-state index contributed by atoms with van der Waals surface area (Å²) in [7, 11) is 0. The molecule has 2 aliphatic carbocycles. The molecule has 19 heavy (non-hydrogen) atoms. The molecule has 2 atom stereocenters. The summed E-state index contributed by atoms with van der Waals surface area (Å²) in [4.78, 5) is 16.6. The van der Waals surface area contributed by atoms with Crippen LogP contribution in [0.25, 0.3) is 10.2 Å². The highest BCUT2D eigenvalue weighted by Crippen LogP contribution is 2.54. The third-order valence-corrected chi connectivity index (χ3v) is 5.31. The second-order valence-corrected chi connectivity index (χ2v) is 7.06. The molecular weight excluding hydrogens is 256 g/mol. The van der Waals surface area contributed by atoms with E-state index in [1.807, 2.05) is 25.1 Å². The van der Waals surface area contributed by atoms with E-state index in [9.17, 15) is 4.79 Å². The molecule has 1 amide bonds. The summed E-state index contributed by atoms with van der Waals surface area (Å²) in [5.74, 6) is 2.14. The Morgan fingerprint density at radius 3 is 2.89 bits per heavy atom. The zero-order valence-corrected chi connectivity index (χ0v) is 11.7. The van der Waals surface area contributed by atoms with Crippen molar-refractivity contribution in [2.24, 2.45) is 17.8 Å². The van der Waals surface area contributed by atoms with Gasteiger partial charge in [0.2, 0.25) is 5.91 Å². The average Bonchev–Trinajstić information content (AvgIpc) is 2.82. The molecule has 1 aromatic heterocycles. The first-order valence-corrected chi connectivity index (χ1v) is 7.69. The van der Waals surface area contributed by atoms with Crippen LogP contribution in [0.3, 0.4) is 0 Å². The fourth-order valence-corrected chi connectivity index (χ4v) is 4.16. The number of benzene rings is 1. The Labute approximate surface area is 116 Å². The number of carbonyl (C=O) groups excluding carboxylic acids is 1. The molecule has 3 nitrogen and oxygen atoms in total. The molecule has 2 saturated carbocycles. The summed E-state index contributed by atoms with van der Waals surface area (Å²) in [5.41, 5.74) is 1.92. The van der Waals surface area contributed by atoms with Crippen molar-refractivity contribution in [2.75, 3.05) is 5.32 Å². The number of hydrogen-bond donors (Lipinski definition) is 1.